The summed E-state index contributed by atoms with van der Waals surface area (Å²) in [6, 6.07) is 5.09. The molecule has 0 radical (unpaired) electrons. The first-order valence-corrected chi connectivity index (χ1v) is 21.8. The maximum atomic E-state index is 15.0. The van der Waals surface area contributed by atoms with Gasteiger partial charge >= 0.3 is 6.09 Å². The van der Waals surface area contributed by atoms with Gasteiger partial charge < -0.3 is 34.5 Å². The topological polar surface area (TPSA) is 192 Å². The van der Waals surface area contributed by atoms with E-state index in [1.807, 2.05) is 43.3 Å². The number of carbonyl (C=O) groups excluding carboxylic acids is 4. The van der Waals surface area contributed by atoms with Crippen LogP contribution in [0.4, 0.5) is 9.18 Å². The third kappa shape index (κ3) is 7.48. The first kappa shape index (κ1) is 40.3. The van der Waals surface area contributed by atoms with E-state index >= 15 is 0 Å². The number of fused-ring (bicyclic) bond motifs is 3. The molecule has 17 heteroatoms. The second-order valence-electron chi connectivity index (χ2n) is 17.3. The molecule has 3 aliphatic carbocycles. The molecule has 7 atom stereocenters. The lowest BCUT2D eigenvalue weighted by molar-refractivity contribution is -0.190. The van der Waals surface area contributed by atoms with Crippen molar-refractivity contribution in [1.82, 2.24) is 25.2 Å². The van der Waals surface area contributed by atoms with Gasteiger partial charge in [0, 0.05) is 29.0 Å². The number of nitrogens with one attached hydrogen (secondary N) is 3. The van der Waals surface area contributed by atoms with E-state index in [1.165, 1.54) is 18.2 Å². The van der Waals surface area contributed by atoms with Crippen molar-refractivity contribution in [3.8, 4) is 11.6 Å². The van der Waals surface area contributed by atoms with Gasteiger partial charge in [-0.2, -0.15) is 0 Å². The largest absolute Gasteiger partial charge is 0.494 e. The Bertz CT molecular complexity index is 2110. The molecule has 8 rings (SSSR count). The third-order valence-corrected chi connectivity index (χ3v) is 15.2. The molecule has 0 spiro atoms. The number of hydrogen-bond donors (Lipinski definition) is 3. The SMILES string of the molecule is COc1cnc(O[C@@H]2C[C@H]3C(=O)N[C@]4(C(=O)NS(=O)(=O)C5(CF)CC5)CC4/C=C\CC[C@H](C)C[C@@H](C)[C@H](NC(=O)OC4(C5CC5)COC4)C(=O)N3C2)c2ccccc12. The molecular weight excluding hydrogens is 774 g/mol. The van der Waals surface area contributed by atoms with E-state index in [4.69, 9.17) is 18.9 Å². The predicted octanol–water partition coefficient (Wildman–Crippen LogP) is 3.70. The Balaban J connectivity index is 1.11. The highest BCUT2D eigenvalue weighted by Crippen LogP contribution is 2.48. The average Bonchev–Trinajstić information content (AvgIpc) is 4.10. The summed E-state index contributed by atoms with van der Waals surface area (Å²) in [5.74, 6) is -1.98. The molecule has 314 valence electrons. The quantitative estimate of drug-likeness (QED) is 0.296. The maximum absolute atomic E-state index is 15.0. The number of benzene rings is 1. The molecule has 15 nitrogen and oxygen atoms in total. The van der Waals surface area contributed by atoms with Crippen molar-refractivity contribution in [2.45, 2.75) is 106 Å². The Morgan fingerprint density at radius 1 is 1.09 bits per heavy atom. The summed E-state index contributed by atoms with van der Waals surface area (Å²) in [5.41, 5.74) is -2.39. The molecule has 0 bridgehead atoms. The monoisotopic (exact) mass is 825 g/mol. The number of halogens is 1. The molecule has 58 heavy (non-hydrogen) atoms. The molecule has 4 amide bonds. The Morgan fingerprint density at radius 2 is 1.83 bits per heavy atom. The lowest BCUT2D eigenvalue weighted by Crippen LogP contribution is -2.61. The molecule has 1 aromatic carbocycles. The lowest BCUT2D eigenvalue weighted by Gasteiger charge is -2.41. The maximum Gasteiger partial charge on any atom is 0.408 e. The zero-order valence-electron chi connectivity index (χ0n) is 33.0. The van der Waals surface area contributed by atoms with Gasteiger partial charge in [-0.25, -0.2) is 22.6 Å². The van der Waals surface area contributed by atoms with Crippen LogP contribution in [0, 0.1) is 23.7 Å². The van der Waals surface area contributed by atoms with Crippen LogP contribution in [0.15, 0.2) is 42.6 Å². The van der Waals surface area contributed by atoms with Gasteiger partial charge in [-0.15, -0.1) is 0 Å². The van der Waals surface area contributed by atoms with E-state index in [-0.39, 0.29) is 69.1 Å². The second kappa shape index (κ2) is 15.3. The minimum atomic E-state index is -4.39. The van der Waals surface area contributed by atoms with Gasteiger partial charge in [0.1, 0.15) is 40.9 Å². The van der Waals surface area contributed by atoms with E-state index in [9.17, 15) is 32.0 Å². The number of hydrogen-bond acceptors (Lipinski definition) is 11. The van der Waals surface area contributed by atoms with Crippen LogP contribution in [0.1, 0.15) is 71.6 Å². The van der Waals surface area contributed by atoms with Crippen LogP contribution >= 0.6 is 0 Å². The number of amides is 4. The molecule has 1 aromatic heterocycles. The minimum Gasteiger partial charge on any atom is -0.494 e. The van der Waals surface area contributed by atoms with Crippen LogP contribution in [0.5, 0.6) is 11.6 Å². The van der Waals surface area contributed by atoms with Gasteiger partial charge in [0.25, 0.3) is 5.91 Å². The first-order chi connectivity index (χ1) is 27.7. The fraction of sp³-hybridized carbons (Fsp3) is 0.634. The van der Waals surface area contributed by atoms with E-state index in [2.05, 4.69) is 27.3 Å². The van der Waals surface area contributed by atoms with Crippen molar-refractivity contribution >= 4 is 44.6 Å². The van der Waals surface area contributed by atoms with Crippen LogP contribution in [0.2, 0.25) is 0 Å². The van der Waals surface area contributed by atoms with Crippen LogP contribution in [0.25, 0.3) is 10.8 Å². The summed E-state index contributed by atoms with van der Waals surface area (Å²) < 4.78 is 64.2. The van der Waals surface area contributed by atoms with Crippen LogP contribution in [-0.4, -0.2) is 110 Å². The first-order valence-electron chi connectivity index (χ1n) is 20.3. The molecule has 2 saturated heterocycles. The summed E-state index contributed by atoms with van der Waals surface area (Å²) in [6.07, 6.45) is 7.81. The summed E-state index contributed by atoms with van der Waals surface area (Å²) >= 11 is 0. The van der Waals surface area contributed by atoms with E-state index in [0.717, 1.165) is 24.6 Å². The second-order valence-corrected chi connectivity index (χ2v) is 19.4. The summed E-state index contributed by atoms with van der Waals surface area (Å²) in [6.45, 7) is 3.33. The van der Waals surface area contributed by atoms with E-state index in [1.54, 1.807) is 0 Å². The number of carbonyl (C=O) groups is 4. The van der Waals surface area contributed by atoms with Crippen molar-refractivity contribution in [3.63, 3.8) is 0 Å². The lowest BCUT2D eigenvalue weighted by atomic mass is 9.88. The molecule has 3 saturated carbocycles. The molecular formula is C41H52FN5O10S. The van der Waals surface area contributed by atoms with Crippen LogP contribution in [0.3, 0.4) is 0 Å². The Kier molecular flexibility index (Phi) is 10.6. The van der Waals surface area contributed by atoms with Crippen LogP contribution in [-0.2, 0) is 33.9 Å². The summed E-state index contributed by atoms with van der Waals surface area (Å²) in [7, 11) is -2.85. The molecule has 3 N–H and O–H groups in total. The Morgan fingerprint density at radius 3 is 2.48 bits per heavy atom. The van der Waals surface area contributed by atoms with Gasteiger partial charge in [-0.1, -0.05) is 44.2 Å². The van der Waals surface area contributed by atoms with E-state index in [0.29, 0.717) is 24.0 Å². The van der Waals surface area contributed by atoms with Gasteiger partial charge in [-0.3, -0.25) is 19.1 Å². The van der Waals surface area contributed by atoms with E-state index < -0.39 is 80.5 Å². The van der Waals surface area contributed by atoms with Gasteiger partial charge in [0.05, 0.1) is 33.1 Å². The number of nitrogens with zero attached hydrogens (tertiary/aromatic N) is 2. The minimum absolute atomic E-state index is 0.00877. The zero-order chi connectivity index (χ0) is 41.0. The number of ether oxygens (including phenoxy) is 4. The summed E-state index contributed by atoms with van der Waals surface area (Å²) in [4.78, 5) is 63.0. The molecule has 6 aliphatic rings. The number of aromatic nitrogens is 1. The normalized spacial score (nSPS) is 32.2. The highest BCUT2D eigenvalue weighted by Gasteiger charge is 2.64. The van der Waals surface area contributed by atoms with Crippen molar-refractivity contribution in [3.05, 3.63) is 42.6 Å². The number of alkyl carbamates (subject to hydrolysis) is 1. The van der Waals surface area contributed by atoms with Crippen molar-refractivity contribution in [2.24, 2.45) is 23.7 Å². The fourth-order valence-electron chi connectivity index (χ4n) is 8.94. The van der Waals surface area contributed by atoms with Gasteiger partial charge in [0.15, 0.2) is 5.60 Å². The van der Waals surface area contributed by atoms with Crippen molar-refractivity contribution in [1.29, 1.82) is 0 Å². The molecule has 1 unspecified atom stereocenters. The van der Waals surface area contributed by atoms with Gasteiger partial charge in [0.2, 0.25) is 27.7 Å². The number of methoxy groups -OCH3 is 1. The number of alkyl halides is 1. The van der Waals surface area contributed by atoms with Crippen molar-refractivity contribution < 1.29 is 50.9 Å². The molecule has 5 fully saturated rings. The van der Waals surface area contributed by atoms with Crippen LogP contribution < -0.4 is 24.8 Å². The highest BCUT2D eigenvalue weighted by atomic mass is 32.2. The summed E-state index contributed by atoms with van der Waals surface area (Å²) in [5, 5.41) is 7.13. The number of rotatable bonds is 10. The third-order valence-electron chi connectivity index (χ3n) is 13.1. The average molecular weight is 826 g/mol. The Hall–Kier alpha value is -4.51. The zero-order valence-corrected chi connectivity index (χ0v) is 33.9. The number of allylic oxidation sites excluding steroid dienone is 1. The fourth-order valence-corrected chi connectivity index (χ4v) is 10.4. The number of pyridine rings is 1. The molecule has 2 aromatic rings. The predicted molar refractivity (Wildman–Crippen MR) is 208 cm³/mol. The standard InChI is InChI=1S/C41H52FN5O10S/c1-24-8-4-5-9-27-18-41(27,37(50)46-58(52,53)39(21-42)14-15-39)45-34(48)31-17-28(56-35-30-11-7-6-10-29(30)32(54-3)19-43-35)20-47(31)36(49)33(25(2)16-24)44-38(51)57-40(22-55-23-40)26-12-13-26/h5-7,9-11,19,24-28,31,33H,4,8,12-18,20-23H2,1-3H3,(H,44,51)(H,45,48)(H,46,50)/b9-5-/t24-,25+,27?,28+,31-,33-,41+/m0/s1. The van der Waals surface area contributed by atoms with Crippen molar-refractivity contribution in [2.75, 3.05) is 33.5 Å². The molecule has 3 aliphatic heterocycles. The highest BCUT2D eigenvalue weighted by molar-refractivity contribution is 7.91. The van der Waals surface area contributed by atoms with Gasteiger partial charge in [-0.05, 0) is 69.3 Å². The number of sulfonamides is 1. The molecule has 4 heterocycles. The Labute approximate surface area is 337 Å². The smallest absolute Gasteiger partial charge is 0.408 e.